The molecule has 160 valence electrons. The van der Waals surface area contributed by atoms with E-state index in [1.54, 1.807) is 24.3 Å². The molecule has 3 aromatic carbocycles. The number of para-hydroxylation sites is 1. The lowest BCUT2D eigenvalue weighted by Gasteiger charge is -2.27. The number of ether oxygens (including phenoxy) is 2. The Bertz CT molecular complexity index is 1020. The van der Waals surface area contributed by atoms with Crippen LogP contribution >= 0.6 is 0 Å². The summed E-state index contributed by atoms with van der Waals surface area (Å²) >= 11 is 0. The molecule has 1 atom stereocenters. The van der Waals surface area contributed by atoms with E-state index in [2.05, 4.69) is 31.9 Å². The van der Waals surface area contributed by atoms with Crippen molar-refractivity contribution in [3.05, 3.63) is 89.7 Å². The normalized spacial score (nSPS) is 12.1. The van der Waals surface area contributed by atoms with Crippen LogP contribution in [0.2, 0.25) is 0 Å². The fraction of sp³-hybridized carbons (Fsp3) is 0.286. The van der Waals surface area contributed by atoms with Crippen LogP contribution in [0.5, 0.6) is 17.2 Å². The van der Waals surface area contributed by atoms with Crippen molar-refractivity contribution in [2.75, 3.05) is 6.61 Å². The SMILES string of the molecule is C#CC(CCC(C)(C)c1ccc(OCC)cc1)c1ccc(F)c(Oc2ccccc2)c1. The van der Waals surface area contributed by atoms with Gasteiger partial charge in [-0.05, 0) is 72.7 Å². The fourth-order valence-electron chi connectivity index (χ4n) is 3.60. The Morgan fingerprint density at radius 3 is 2.32 bits per heavy atom. The third kappa shape index (κ3) is 5.89. The maximum Gasteiger partial charge on any atom is 0.165 e. The minimum atomic E-state index is -0.405. The molecule has 0 aliphatic carbocycles. The second kappa shape index (κ2) is 10.2. The molecule has 31 heavy (non-hydrogen) atoms. The van der Waals surface area contributed by atoms with Crippen LogP contribution in [0.1, 0.15) is 50.7 Å². The molecule has 0 amide bonds. The molecule has 0 saturated carbocycles. The molecular weight excluding hydrogens is 387 g/mol. The van der Waals surface area contributed by atoms with Gasteiger partial charge >= 0.3 is 0 Å². The molecule has 0 saturated heterocycles. The molecule has 0 aliphatic heterocycles. The zero-order valence-electron chi connectivity index (χ0n) is 18.4. The van der Waals surface area contributed by atoms with Crippen LogP contribution in [-0.2, 0) is 5.41 Å². The van der Waals surface area contributed by atoms with Gasteiger partial charge in [0.1, 0.15) is 11.5 Å². The van der Waals surface area contributed by atoms with E-state index >= 15 is 0 Å². The van der Waals surface area contributed by atoms with E-state index in [0.717, 1.165) is 24.2 Å². The average Bonchev–Trinajstić information content (AvgIpc) is 2.77. The van der Waals surface area contributed by atoms with E-state index in [1.165, 1.54) is 11.6 Å². The van der Waals surface area contributed by atoms with Crippen LogP contribution in [-0.4, -0.2) is 6.61 Å². The third-order valence-corrected chi connectivity index (χ3v) is 5.53. The first-order valence-electron chi connectivity index (χ1n) is 10.6. The minimum Gasteiger partial charge on any atom is -0.494 e. The van der Waals surface area contributed by atoms with Gasteiger partial charge in [-0.3, -0.25) is 0 Å². The molecule has 0 spiro atoms. The van der Waals surface area contributed by atoms with Crippen molar-refractivity contribution in [2.24, 2.45) is 0 Å². The lowest BCUT2D eigenvalue weighted by molar-refractivity contribution is 0.339. The summed E-state index contributed by atoms with van der Waals surface area (Å²) < 4.78 is 25.6. The number of halogens is 1. The summed E-state index contributed by atoms with van der Waals surface area (Å²) in [7, 11) is 0. The summed E-state index contributed by atoms with van der Waals surface area (Å²) in [6, 6.07) is 22.3. The van der Waals surface area contributed by atoms with Crippen molar-refractivity contribution in [2.45, 2.75) is 44.9 Å². The predicted molar refractivity (Wildman–Crippen MR) is 124 cm³/mol. The first kappa shape index (κ1) is 22.4. The summed E-state index contributed by atoms with van der Waals surface area (Å²) in [6.45, 7) is 7.06. The zero-order chi connectivity index (χ0) is 22.3. The Kier molecular flexibility index (Phi) is 7.36. The Balaban J connectivity index is 1.72. The third-order valence-electron chi connectivity index (χ3n) is 5.53. The van der Waals surface area contributed by atoms with Crippen LogP contribution in [0, 0.1) is 18.2 Å². The van der Waals surface area contributed by atoms with Crippen LogP contribution in [0.3, 0.4) is 0 Å². The van der Waals surface area contributed by atoms with Gasteiger partial charge < -0.3 is 9.47 Å². The molecule has 0 bridgehead atoms. The summed E-state index contributed by atoms with van der Waals surface area (Å²) in [6.07, 6.45) is 7.54. The number of rotatable bonds is 9. The Labute approximate surface area is 185 Å². The zero-order valence-corrected chi connectivity index (χ0v) is 18.4. The Morgan fingerprint density at radius 1 is 0.968 bits per heavy atom. The van der Waals surface area contributed by atoms with Crippen molar-refractivity contribution >= 4 is 0 Å². The van der Waals surface area contributed by atoms with Crippen LogP contribution in [0.4, 0.5) is 4.39 Å². The maximum absolute atomic E-state index is 14.3. The van der Waals surface area contributed by atoms with Crippen LogP contribution in [0.15, 0.2) is 72.8 Å². The first-order chi connectivity index (χ1) is 14.9. The second-order valence-corrected chi connectivity index (χ2v) is 8.20. The highest BCUT2D eigenvalue weighted by atomic mass is 19.1. The average molecular weight is 417 g/mol. The maximum atomic E-state index is 14.3. The summed E-state index contributed by atoms with van der Waals surface area (Å²) in [5.41, 5.74) is 2.07. The van der Waals surface area contributed by atoms with E-state index in [4.69, 9.17) is 15.9 Å². The second-order valence-electron chi connectivity index (χ2n) is 8.20. The summed E-state index contributed by atoms with van der Waals surface area (Å²) in [4.78, 5) is 0. The van der Waals surface area contributed by atoms with Gasteiger partial charge in [-0.2, -0.15) is 0 Å². The molecule has 0 N–H and O–H groups in total. The van der Waals surface area contributed by atoms with Gasteiger partial charge in [-0.25, -0.2) is 4.39 Å². The molecule has 0 radical (unpaired) electrons. The van der Waals surface area contributed by atoms with E-state index < -0.39 is 5.82 Å². The van der Waals surface area contributed by atoms with E-state index in [9.17, 15) is 4.39 Å². The lowest BCUT2D eigenvalue weighted by atomic mass is 9.78. The molecule has 0 aromatic heterocycles. The number of terminal acetylenes is 1. The van der Waals surface area contributed by atoms with Crippen molar-refractivity contribution in [1.29, 1.82) is 0 Å². The first-order valence-corrected chi connectivity index (χ1v) is 10.6. The highest BCUT2D eigenvalue weighted by molar-refractivity contribution is 5.39. The van der Waals surface area contributed by atoms with Gasteiger partial charge in [0.2, 0.25) is 0 Å². The predicted octanol–water partition coefficient (Wildman–Crippen LogP) is 7.49. The molecular formula is C28H29FO2. The van der Waals surface area contributed by atoms with Gasteiger partial charge in [0.05, 0.1) is 6.61 Å². The molecule has 2 nitrogen and oxygen atoms in total. The number of benzene rings is 3. The molecule has 0 fully saturated rings. The molecule has 3 aromatic rings. The van der Waals surface area contributed by atoms with Crippen LogP contribution in [0.25, 0.3) is 0 Å². The molecule has 1 unspecified atom stereocenters. The number of hydrogen-bond acceptors (Lipinski definition) is 2. The smallest absolute Gasteiger partial charge is 0.165 e. The highest BCUT2D eigenvalue weighted by Crippen LogP contribution is 2.35. The molecule has 0 heterocycles. The summed E-state index contributed by atoms with van der Waals surface area (Å²) in [5.74, 6) is 4.01. The van der Waals surface area contributed by atoms with Crippen molar-refractivity contribution in [1.82, 2.24) is 0 Å². The Morgan fingerprint density at radius 2 is 1.68 bits per heavy atom. The van der Waals surface area contributed by atoms with Gasteiger partial charge in [0.15, 0.2) is 11.6 Å². The summed E-state index contributed by atoms with van der Waals surface area (Å²) in [5, 5.41) is 0. The van der Waals surface area contributed by atoms with Gasteiger partial charge in [0, 0.05) is 5.92 Å². The topological polar surface area (TPSA) is 18.5 Å². The van der Waals surface area contributed by atoms with Crippen molar-refractivity contribution in [3.8, 4) is 29.6 Å². The monoisotopic (exact) mass is 416 g/mol. The molecule has 3 heteroatoms. The molecule has 0 aliphatic rings. The standard InChI is InChI=1S/C28H29FO2/c1-5-21(18-19-28(3,4)23-13-15-24(16-14-23)30-6-2)22-12-17-26(29)27(20-22)31-25-10-8-7-9-11-25/h1,7-17,20-21H,6,18-19H2,2-4H3. The highest BCUT2D eigenvalue weighted by Gasteiger charge is 2.23. The quantitative estimate of drug-likeness (QED) is 0.336. The van der Waals surface area contributed by atoms with E-state index in [-0.39, 0.29) is 17.1 Å². The van der Waals surface area contributed by atoms with Gasteiger partial charge in [-0.15, -0.1) is 6.42 Å². The van der Waals surface area contributed by atoms with E-state index in [0.29, 0.717) is 12.4 Å². The Hall–Kier alpha value is -3.25. The van der Waals surface area contributed by atoms with E-state index in [1.807, 2.05) is 37.3 Å². The molecule has 3 rings (SSSR count). The van der Waals surface area contributed by atoms with Gasteiger partial charge in [-0.1, -0.05) is 56.2 Å². The van der Waals surface area contributed by atoms with Crippen molar-refractivity contribution in [3.63, 3.8) is 0 Å². The fourth-order valence-corrected chi connectivity index (χ4v) is 3.60. The largest absolute Gasteiger partial charge is 0.494 e. The lowest BCUT2D eigenvalue weighted by Crippen LogP contribution is -2.18. The number of hydrogen-bond donors (Lipinski definition) is 0. The minimum absolute atomic E-state index is 0.0523. The van der Waals surface area contributed by atoms with Crippen molar-refractivity contribution < 1.29 is 13.9 Å². The van der Waals surface area contributed by atoms with Gasteiger partial charge in [0.25, 0.3) is 0 Å². The van der Waals surface area contributed by atoms with Crippen LogP contribution < -0.4 is 9.47 Å².